The summed E-state index contributed by atoms with van der Waals surface area (Å²) in [6, 6.07) is 10.2. The summed E-state index contributed by atoms with van der Waals surface area (Å²) in [6.07, 6.45) is 1.13. The molecule has 0 radical (unpaired) electrons. The van der Waals surface area contributed by atoms with Gasteiger partial charge in [0.15, 0.2) is 0 Å². The standard InChI is InChI=1S/C15H23N5.2ClH/c1-19(2)11-7-10-16-12-14-15(18-20(3)17-14)13-8-5-4-6-9-13;;/h4-6,8-9,16H,7,10-12H2,1-3H3;2*1H. The van der Waals surface area contributed by atoms with Crippen LogP contribution in [0.3, 0.4) is 0 Å². The van der Waals surface area contributed by atoms with Crippen LogP contribution in [0.5, 0.6) is 0 Å². The third-order valence-corrected chi connectivity index (χ3v) is 3.08. The van der Waals surface area contributed by atoms with Gasteiger partial charge < -0.3 is 10.2 Å². The molecule has 0 atom stereocenters. The van der Waals surface area contributed by atoms with E-state index in [1.54, 1.807) is 4.80 Å². The minimum Gasteiger partial charge on any atom is -0.311 e. The van der Waals surface area contributed by atoms with E-state index in [0.29, 0.717) is 0 Å². The molecule has 0 fully saturated rings. The molecule has 1 heterocycles. The van der Waals surface area contributed by atoms with E-state index in [1.807, 2.05) is 25.2 Å². The summed E-state index contributed by atoms with van der Waals surface area (Å²) < 4.78 is 0. The van der Waals surface area contributed by atoms with Gasteiger partial charge in [0.25, 0.3) is 0 Å². The number of rotatable bonds is 7. The van der Waals surface area contributed by atoms with Gasteiger partial charge in [-0.2, -0.15) is 15.0 Å². The SMILES string of the molecule is CN(C)CCCNCc1nn(C)nc1-c1ccccc1.Cl.Cl. The fourth-order valence-corrected chi connectivity index (χ4v) is 2.11. The molecular weight excluding hydrogens is 321 g/mol. The Kier molecular flexibility index (Phi) is 10.0. The van der Waals surface area contributed by atoms with Crippen molar-refractivity contribution in [3.8, 4) is 11.3 Å². The Bertz CT molecular complexity index is 528. The molecule has 5 nitrogen and oxygen atoms in total. The highest BCUT2D eigenvalue weighted by atomic mass is 35.5. The van der Waals surface area contributed by atoms with Crippen molar-refractivity contribution in [1.82, 2.24) is 25.2 Å². The van der Waals surface area contributed by atoms with E-state index in [2.05, 4.69) is 46.6 Å². The zero-order valence-electron chi connectivity index (χ0n) is 13.3. The summed E-state index contributed by atoms with van der Waals surface area (Å²) in [5.74, 6) is 0. The molecule has 1 aromatic heterocycles. The van der Waals surface area contributed by atoms with Crippen LogP contribution in [0.25, 0.3) is 11.3 Å². The van der Waals surface area contributed by atoms with Crippen LogP contribution >= 0.6 is 24.8 Å². The van der Waals surface area contributed by atoms with E-state index in [4.69, 9.17) is 0 Å². The molecule has 0 unspecified atom stereocenters. The predicted molar refractivity (Wildman–Crippen MR) is 95.8 cm³/mol. The lowest BCUT2D eigenvalue weighted by Gasteiger charge is -2.09. The first-order chi connectivity index (χ1) is 9.66. The quantitative estimate of drug-likeness (QED) is 0.782. The largest absolute Gasteiger partial charge is 0.311 e. The molecule has 0 amide bonds. The second-order valence-corrected chi connectivity index (χ2v) is 5.18. The van der Waals surface area contributed by atoms with Crippen LogP contribution < -0.4 is 5.32 Å². The molecule has 2 aromatic rings. The van der Waals surface area contributed by atoms with Crippen LogP contribution in [0.2, 0.25) is 0 Å². The number of halogens is 2. The monoisotopic (exact) mass is 345 g/mol. The Balaban J connectivity index is 0.00000220. The lowest BCUT2D eigenvalue weighted by atomic mass is 10.1. The molecule has 0 aliphatic rings. The Morgan fingerprint density at radius 3 is 2.41 bits per heavy atom. The third-order valence-electron chi connectivity index (χ3n) is 3.08. The maximum atomic E-state index is 4.47. The highest BCUT2D eigenvalue weighted by molar-refractivity contribution is 5.85. The van der Waals surface area contributed by atoms with Crippen molar-refractivity contribution in [2.45, 2.75) is 13.0 Å². The number of nitrogens with one attached hydrogen (secondary N) is 1. The molecule has 0 aliphatic carbocycles. The van der Waals surface area contributed by atoms with Gasteiger partial charge in [0.2, 0.25) is 0 Å². The first-order valence-corrected chi connectivity index (χ1v) is 6.98. The van der Waals surface area contributed by atoms with Crippen LogP contribution in [-0.4, -0.2) is 47.1 Å². The van der Waals surface area contributed by atoms with Gasteiger partial charge in [0, 0.05) is 19.2 Å². The molecular formula is C15H25Cl2N5. The number of hydrogen-bond donors (Lipinski definition) is 1. The number of hydrogen-bond acceptors (Lipinski definition) is 4. The smallest absolute Gasteiger partial charge is 0.117 e. The fourth-order valence-electron chi connectivity index (χ4n) is 2.11. The number of aryl methyl sites for hydroxylation is 1. The van der Waals surface area contributed by atoms with E-state index in [0.717, 1.165) is 43.0 Å². The zero-order chi connectivity index (χ0) is 14.4. The summed E-state index contributed by atoms with van der Waals surface area (Å²) >= 11 is 0. The zero-order valence-corrected chi connectivity index (χ0v) is 15.0. The second kappa shape index (κ2) is 10.6. The summed E-state index contributed by atoms with van der Waals surface area (Å²) in [5, 5.41) is 12.4. The predicted octanol–water partition coefficient (Wildman–Crippen LogP) is 2.37. The maximum absolute atomic E-state index is 4.47. The Hall–Kier alpha value is -1.14. The van der Waals surface area contributed by atoms with Gasteiger partial charge in [-0.25, -0.2) is 0 Å². The van der Waals surface area contributed by atoms with E-state index in [-0.39, 0.29) is 24.8 Å². The molecule has 1 aromatic carbocycles. The minimum atomic E-state index is 0. The lowest BCUT2D eigenvalue weighted by molar-refractivity contribution is 0.394. The fraction of sp³-hybridized carbons (Fsp3) is 0.467. The first-order valence-electron chi connectivity index (χ1n) is 6.98. The van der Waals surface area contributed by atoms with E-state index < -0.39 is 0 Å². The van der Waals surface area contributed by atoms with E-state index in [1.165, 1.54) is 0 Å². The molecule has 124 valence electrons. The van der Waals surface area contributed by atoms with Crippen LogP contribution in [0, 0.1) is 0 Å². The number of benzene rings is 1. The highest BCUT2D eigenvalue weighted by Gasteiger charge is 2.10. The summed E-state index contributed by atoms with van der Waals surface area (Å²) in [6.45, 7) is 2.84. The lowest BCUT2D eigenvalue weighted by Crippen LogP contribution is -2.21. The number of aromatic nitrogens is 3. The third kappa shape index (κ3) is 6.32. The van der Waals surface area contributed by atoms with Crippen molar-refractivity contribution < 1.29 is 0 Å². The first kappa shape index (κ1) is 20.9. The van der Waals surface area contributed by atoms with Crippen molar-refractivity contribution in [2.24, 2.45) is 7.05 Å². The van der Waals surface area contributed by atoms with Crippen LogP contribution in [0.1, 0.15) is 12.1 Å². The van der Waals surface area contributed by atoms with E-state index >= 15 is 0 Å². The highest BCUT2D eigenvalue weighted by Crippen LogP contribution is 2.19. The summed E-state index contributed by atoms with van der Waals surface area (Å²) in [7, 11) is 6.05. The molecule has 1 N–H and O–H groups in total. The van der Waals surface area contributed by atoms with Crippen LogP contribution in [0.15, 0.2) is 30.3 Å². The molecule has 2 rings (SSSR count). The Morgan fingerprint density at radius 1 is 1.09 bits per heavy atom. The van der Waals surface area contributed by atoms with Crippen molar-refractivity contribution in [3.05, 3.63) is 36.0 Å². The van der Waals surface area contributed by atoms with Crippen molar-refractivity contribution >= 4 is 24.8 Å². The minimum absolute atomic E-state index is 0. The normalized spacial score (nSPS) is 10.2. The molecule has 0 saturated heterocycles. The molecule has 0 saturated carbocycles. The average Bonchev–Trinajstić information content (AvgIpc) is 2.80. The van der Waals surface area contributed by atoms with Gasteiger partial charge in [0.05, 0.1) is 0 Å². The van der Waals surface area contributed by atoms with Crippen molar-refractivity contribution in [3.63, 3.8) is 0 Å². The van der Waals surface area contributed by atoms with E-state index in [9.17, 15) is 0 Å². The van der Waals surface area contributed by atoms with Gasteiger partial charge in [-0.05, 0) is 33.6 Å². The topological polar surface area (TPSA) is 46.0 Å². The molecule has 22 heavy (non-hydrogen) atoms. The summed E-state index contributed by atoms with van der Waals surface area (Å²) in [5.41, 5.74) is 3.09. The molecule has 0 aliphatic heterocycles. The van der Waals surface area contributed by atoms with Crippen LogP contribution in [-0.2, 0) is 13.6 Å². The number of nitrogens with zero attached hydrogens (tertiary/aromatic N) is 4. The molecule has 0 bridgehead atoms. The second-order valence-electron chi connectivity index (χ2n) is 5.18. The van der Waals surface area contributed by atoms with Gasteiger partial charge in [0.1, 0.15) is 11.4 Å². The Labute approximate surface area is 144 Å². The van der Waals surface area contributed by atoms with Crippen LogP contribution in [0.4, 0.5) is 0 Å². The molecule has 7 heteroatoms. The van der Waals surface area contributed by atoms with Crippen molar-refractivity contribution in [2.75, 3.05) is 27.2 Å². The maximum Gasteiger partial charge on any atom is 0.117 e. The van der Waals surface area contributed by atoms with Gasteiger partial charge in [-0.3, -0.25) is 0 Å². The molecule has 0 spiro atoms. The van der Waals surface area contributed by atoms with Gasteiger partial charge >= 0.3 is 0 Å². The van der Waals surface area contributed by atoms with Crippen molar-refractivity contribution in [1.29, 1.82) is 0 Å². The Morgan fingerprint density at radius 2 is 1.77 bits per heavy atom. The van der Waals surface area contributed by atoms with Gasteiger partial charge in [-0.15, -0.1) is 24.8 Å². The summed E-state index contributed by atoms with van der Waals surface area (Å²) in [4.78, 5) is 3.83. The average molecular weight is 346 g/mol. The van der Waals surface area contributed by atoms with Gasteiger partial charge in [-0.1, -0.05) is 30.3 Å².